The number of aliphatic hydroxyl groups excluding tert-OH is 1. The van der Waals surface area contributed by atoms with Crippen molar-refractivity contribution in [1.82, 2.24) is 25.8 Å². The van der Waals surface area contributed by atoms with Crippen LogP contribution in [0.5, 0.6) is 0 Å². The molecule has 0 bridgehead atoms. The molecule has 1 amide bonds. The summed E-state index contributed by atoms with van der Waals surface area (Å²) in [6, 6.07) is 14.2. The highest BCUT2D eigenvalue weighted by Gasteiger charge is 2.19. The van der Waals surface area contributed by atoms with Gasteiger partial charge >= 0.3 is 0 Å². The van der Waals surface area contributed by atoms with Crippen LogP contribution in [0.2, 0.25) is 10.0 Å². The summed E-state index contributed by atoms with van der Waals surface area (Å²) in [6.45, 7) is 0.732. The number of carbonyl (C=O) groups excluding carboxylic acids is 1. The van der Waals surface area contributed by atoms with E-state index in [0.717, 1.165) is 27.0 Å². The summed E-state index contributed by atoms with van der Waals surface area (Å²) in [5.41, 5.74) is 5.64. The molecule has 12 heteroatoms. The van der Waals surface area contributed by atoms with Crippen molar-refractivity contribution >= 4 is 29.1 Å². The Labute approximate surface area is 244 Å². The summed E-state index contributed by atoms with van der Waals surface area (Å²) in [5.74, 6) is -1.04. The van der Waals surface area contributed by atoms with Gasteiger partial charge in [-0.1, -0.05) is 41.4 Å². The van der Waals surface area contributed by atoms with Crippen LogP contribution in [-0.4, -0.2) is 32.8 Å². The van der Waals surface area contributed by atoms with Crippen molar-refractivity contribution in [1.29, 1.82) is 0 Å². The molecule has 0 aliphatic carbocycles. The standard InChI is InChI=1S/C29H25Cl2FN6O3/c30-23-9-18(1-2-20(23)13-33-12-17-5-7-38(41)8-6-17)22-15-35-37-28(22)21-11-26(34-14-21)29(40)36-27(16-39)19-3-4-25(32)24(31)10-19/h1-11,14-15,27,33-34,39H,12-13,16H2,(H,35,37)(H,36,40). The Morgan fingerprint density at radius 3 is 2.59 bits per heavy atom. The molecule has 0 fully saturated rings. The number of rotatable bonds is 10. The van der Waals surface area contributed by atoms with Crippen molar-refractivity contribution in [3.8, 4) is 22.4 Å². The largest absolute Gasteiger partial charge is 0.619 e. The van der Waals surface area contributed by atoms with E-state index in [0.29, 0.717) is 34.9 Å². The first-order chi connectivity index (χ1) is 19.8. The van der Waals surface area contributed by atoms with Crippen molar-refractivity contribution in [2.24, 2.45) is 0 Å². The fraction of sp³-hybridized carbons (Fsp3) is 0.138. The fourth-order valence-corrected chi connectivity index (χ4v) is 4.79. The lowest BCUT2D eigenvalue weighted by Crippen LogP contribution is -2.31. The molecule has 0 saturated carbocycles. The number of benzene rings is 2. The molecule has 0 radical (unpaired) electrons. The van der Waals surface area contributed by atoms with Gasteiger partial charge in [0.05, 0.1) is 29.6 Å². The van der Waals surface area contributed by atoms with E-state index in [4.69, 9.17) is 23.2 Å². The first kappa shape index (κ1) is 28.3. The van der Waals surface area contributed by atoms with Gasteiger partial charge in [0, 0.05) is 47.6 Å². The minimum absolute atomic E-state index is 0.0974. The van der Waals surface area contributed by atoms with Gasteiger partial charge in [-0.15, -0.1) is 0 Å². The summed E-state index contributed by atoms with van der Waals surface area (Å²) in [7, 11) is 0. The number of aromatic amines is 2. The number of nitrogens with zero attached hydrogens (tertiary/aromatic N) is 2. The predicted octanol–water partition coefficient (Wildman–Crippen LogP) is 4.90. The van der Waals surface area contributed by atoms with Crippen LogP contribution in [0.15, 0.2) is 79.4 Å². The number of H-pyrrole nitrogens is 2. The van der Waals surface area contributed by atoms with Crippen LogP contribution in [0.3, 0.4) is 0 Å². The summed E-state index contributed by atoms with van der Waals surface area (Å²) < 4.78 is 14.3. The van der Waals surface area contributed by atoms with Gasteiger partial charge in [0.1, 0.15) is 11.5 Å². The smallest absolute Gasteiger partial charge is 0.268 e. The van der Waals surface area contributed by atoms with Crippen molar-refractivity contribution in [3.05, 3.63) is 123 Å². The van der Waals surface area contributed by atoms with E-state index < -0.39 is 24.4 Å². The maximum Gasteiger partial charge on any atom is 0.268 e. The second-order valence-electron chi connectivity index (χ2n) is 9.32. The molecule has 41 heavy (non-hydrogen) atoms. The van der Waals surface area contributed by atoms with Gasteiger partial charge in [-0.25, -0.2) is 4.39 Å². The number of halogens is 3. The van der Waals surface area contributed by atoms with Crippen molar-refractivity contribution in [2.45, 2.75) is 19.1 Å². The maximum atomic E-state index is 13.5. The van der Waals surface area contributed by atoms with Crippen LogP contribution in [0.25, 0.3) is 22.4 Å². The Hall–Kier alpha value is -4.22. The summed E-state index contributed by atoms with van der Waals surface area (Å²) in [4.78, 5) is 15.9. The molecule has 210 valence electrons. The van der Waals surface area contributed by atoms with Gasteiger partial charge in [-0.2, -0.15) is 9.83 Å². The van der Waals surface area contributed by atoms with Crippen LogP contribution in [0.1, 0.15) is 33.2 Å². The molecular weight excluding hydrogens is 570 g/mol. The maximum absolute atomic E-state index is 13.5. The highest BCUT2D eigenvalue weighted by molar-refractivity contribution is 6.31. The molecule has 1 atom stereocenters. The minimum atomic E-state index is -0.775. The first-order valence-electron chi connectivity index (χ1n) is 12.6. The normalized spacial score (nSPS) is 11.9. The van der Waals surface area contributed by atoms with Crippen LogP contribution < -0.4 is 15.4 Å². The van der Waals surface area contributed by atoms with Gasteiger partial charge in [-0.3, -0.25) is 9.89 Å². The second kappa shape index (κ2) is 12.5. The topological polar surface area (TPSA) is 133 Å². The lowest BCUT2D eigenvalue weighted by atomic mass is 10.0. The number of amides is 1. The zero-order chi connectivity index (χ0) is 28.9. The lowest BCUT2D eigenvalue weighted by Gasteiger charge is -2.16. The highest BCUT2D eigenvalue weighted by Crippen LogP contribution is 2.33. The van der Waals surface area contributed by atoms with Gasteiger partial charge in [0.2, 0.25) is 0 Å². The van der Waals surface area contributed by atoms with Crippen LogP contribution in [0, 0.1) is 11.0 Å². The third kappa shape index (κ3) is 6.58. The third-order valence-corrected chi connectivity index (χ3v) is 7.21. The second-order valence-corrected chi connectivity index (χ2v) is 10.1. The summed E-state index contributed by atoms with van der Waals surface area (Å²) in [6.07, 6.45) is 6.27. The van der Waals surface area contributed by atoms with Gasteiger partial charge in [-0.05, 0) is 46.5 Å². The quantitative estimate of drug-likeness (QED) is 0.116. The zero-order valence-electron chi connectivity index (χ0n) is 21.5. The molecule has 0 spiro atoms. The van der Waals surface area contributed by atoms with E-state index in [-0.39, 0.29) is 10.7 Å². The monoisotopic (exact) mass is 594 g/mol. The van der Waals surface area contributed by atoms with Crippen LogP contribution in [0.4, 0.5) is 4.39 Å². The Kier molecular flexibility index (Phi) is 8.65. The van der Waals surface area contributed by atoms with E-state index >= 15 is 0 Å². The number of aromatic nitrogens is 4. The predicted molar refractivity (Wildman–Crippen MR) is 153 cm³/mol. The molecule has 0 aliphatic rings. The molecule has 5 N–H and O–H groups in total. The molecule has 5 aromatic rings. The van der Waals surface area contributed by atoms with Crippen molar-refractivity contribution in [3.63, 3.8) is 0 Å². The molecule has 0 saturated heterocycles. The van der Waals surface area contributed by atoms with Gasteiger partial charge in [0.15, 0.2) is 12.4 Å². The zero-order valence-corrected chi connectivity index (χ0v) is 23.0. The fourth-order valence-electron chi connectivity index (χ4n) is 4.36. The molecule has 3 heterocycles. The summed E-state index contributed by atoms with van der Waals surface area (Å²) in [5, 5.41) is 34.7. The Morgan fingerprint density at radius 2 is 1.85 bits per heavy atom. The number of hydrogen-bond donors (Lipinski definition) is 5. The number of nitrogens with one attached hydrogen (secondary N) is 4. The molecule has 2 aromatic carbocycles. The molecule has 3 aromatic heterocycles. The number of carbonyl (C=O) groups is 1. The average molecular weight is 595 g/mol. The van der Waals surface area contributed by atoms with Crippen molar-refractivity contribution in [2.75, 3.05) is 6.61 Å². The number of hydrogen-bond acceptors (Lipinski definition) is 5. The van der Waals surface area contributed by atoms with E-state index in [1.165, 1.54) is 30.6 Å². The van der Waals surface area contributed by atoms with E-state index in [1.807, 2.05) is 18.2 Å². The Bertz CT molecular complexity index is 1670. The van der Waals surface area contributed by atoms with Gasteiger partial charge < -0.3 is 25.9 Å². The Balaban J connectivity index is 1.27. The van der Waals surface area contributed by atoms with E-state index in [2.05, 4.69) is 25.8 Å². The molecular formula is C29H25Cl2FN6O3. The highest BCUT2D eigenvalue weighted by atomic mass is 35.5. The minimum Gasteiger partial charge on any atom is -0.619 e. The van der Waals surface area contributed by atoms with Gasteiger partial charge in [0.25, 0.3) is 5.91 Å². The van der Waals surface area contributed by atoms with E-state index in [1.54, 1.807) is 30.6 Å². The number of pyridine rings is 1. The van der Waals surface area contributed by atoms with E-state index in [9.17, 15) is 19.5 Å². The van der Waals surface area contributed by atoms with Crippen LogP contribution >= 0.6 is 23.2 Å². The average Bonchev–Trinajstić information content (AvgIpc) is 3.65. The lowest BCUT2D eigenvalue weighted by molar-refractivity contribution is -0.605. The Morgan fingerprint density at radius 1 is 1.05 bits per heavy atom. The third-order valence-electron chi connectivity index (χ3n) is 6.57. The molecule has 5 rings (SSSR count). The van der Waals surface area contributed by atoms with Crippen LogP contribution in [-0.2, 0) is 13.1 Å². The molecule has 1 unspecified atom stereocenters. The van der Waals surface area contributed by atoms with Crippen molar-refractivity contribution < 1.29 is 19.0 Å². The number of aliphatic hydroxyl groups is 1. The first-order valence-corrected chi connectivity index (χ1v) is 13.3. The SMILES string of the molecule is O=C(NC(CO)c1ccc(F)c(Cl)c1)c1cc(-c2[nH]ncc2-c2ccc(CNCc3cc[n+]([O-])cc3)c(Cl)c2)c[nH]1. The molecule has 9 nitrogen and oxygen atoms in total. The summed E-state index contributed by atoms with van der Waals surface area (Å²) >= 11 is 12.5. The molecule has 0 aliphatic heterocycles.